The molecule has 0 fully saturated rings. The van der Waals surface area contributed by atoms with Crippen LogP contribution in [0.2, 0.25) is 0 Å². The molecule has 0 saturated heterocycles. The van der Waals surface area contributed by atoms with Crippen LogP contribution in [0.4, 0.5) is 0 Å². The Morgan fingerprint density at radius 1 is 1.22 bits per heavy atom. The first-order chi connectivity index (χ1) is 8.86. The molecule has 0 saturated carbocycles. The zero-order valence-corrected chi connectivity index (χ0v) is 10.7. The molecule has 0 aromatic heterocycles. The minimum Gasteiger partial charge on any atom is -0.392 e. The fraction of sp³-hybridized carbons (Fsp3) is 0.294. The fourth-order valence-electron chi connectivity index (χ4n) is 1.35. The Morgan fingerprint density at radius 3 is 2.83 bits per heavy atom. The molecule has 0 amide bonds. The molecule has 0 unspecified atom stereocenters. The van der Waals surface area contributed by atoms with Crippen molar-refractivity contribution in [2.45, 2.75) is 32.8 Å². The van der Waals surface area contributed by atoms with Crippen LogP contribution in [-0.4, -0.2) is 5.11 Å². The van der Waals surface area contributed by atoms with Gasteiger partial charge in [0.2, 0.25) is 0 Å². The number of unbranched alkanes of at least 4 members (excludes halogenated alkanes) is 2. The van der Waals surface area contributed by atoms with Gasteiger partial charge in [0, 0.05) is 12.0 Å². The average molecular weight is 238 g/mol. The topological polar surface area (TPSA) is 20.2 Å². The summed E-state index contributed by atoms with van der Waals surface area (Å²) in [6.45, 7) is 2.21. The minimum atomic E-state index is 0.0499. The van der Waals surface area contributed by atoms with E-state index in [1.165, 1.54) is 6.42 Å². The van der Waals surface area contributed by atoms with Gasteiger partial charge in [-0.2, -0.15) is 0 Å². The maximum Gasteiger partial charge on any atom is 0.0682 e. The molecule has 1 rings (SSSR count). The van der Waals surface area contributed by atoms with E-state index in [9.17, 15) is 0 Å². The van der Waals surface area contributed by atoms with Gasteiger partial charge in [0.15, 0.2) is 0 Å². The van der Waals surface area contributed by atoms with E-state index < -0.39 is 0 Å². The molecule has 1 nitrogen and oxygen atoms in total. The number of rotatable bonds is 3. The Kier molecular flexibility index (Phi) is 7.14. The van der Waals surface area contributed by atoms with Crippen LogP contribution >= 0.6 is 0 Å². The zero-order chi connectivity index (χ0) is 13.1. The van der Waals surface area contributed by atoms with Gasteiger partial charge < -0.3 is 5.11 Å². The van der Waals surface area contributed by atoms with Gasteiger partial charge in [-0.1, -0.05) is 49.2 Å². The number of aliphatic hydroxyl groups is 1. The molecule has 1 aromatic rings. The number of hydrogen-bond acceptors (Lipinski definition) is 1. The van der Waals surface area contributed by atoms with Crippen molar-refractivity contribution >= 4 is 0 Å². The smallest absolute Gasteiger partial charge is 0.0682 e. The fourth-order valence-corrected chi connectivity index (χ4v) is 1.35. The predicted octanol–water partition coefficient (Wildman–Crippen LogP) is 3.28. The monoisotopic (exact) mass is 238 g/mol. The Labute approximate surface area is 110 Å². The highest BCUT2D eigenvalue weighted by Gasteiger charge is 1.89. The van der Waals surface area contributed by atoms with Crippen LogP contribution in [0.25, 0.3) is 0 Å². The predicted molar refractivity (Wildman–Crippen MR) is 75.7 cm³/mol. The lowest BCUT2D eigenvalue weighted by Gasteiger charge is -1.94. The van der Waals surface area contributed by atoms with Crippen molar-refractivity contribution < 1.29 is 5.11 Å². The van der Waals surface area contributed by atoms with E-state index >= 15 is 0 Å². The van der Waals surface area contributed by atoms with Crippen molar-refractivity contribution in [1.29, 1.82) is 0 Å². The minimum absolute atomic E-state index is 0.0499. The van der Waals surface area contributed by atoms with Crippen LogP contribution in [0.5, 0.6) is 0 Å². The van der Waals surface area contributed by atoms with E-state index in [1.54, 1.807) is 12.2 Å². The SMILES string of the molecule is CCCCC#CC=CC#Cc1cccc(CO)c1. The van der Waals surface area contributed by atoms with Crippen LogP contribution in [-0.2, 0) is 6.61 Å². The molecule has 1 N–H and O–H groups in total. The third-order valence-electron chi connectivity index (χ3n) is 2.33. The molecule has 18 heavy (non-hydrogen) atoms. The van der Waals surface area contributed by atoms with Crippen molar-refractivity contribution in [3.05, 3.63) is 47.5 Å². The zero-order valence-electron chi connectivity index (χ0n) is 10.7. The van der Waals surface area contributed by atoms with Gasteiger partial charge >= 0.3 is 0 Å². The second kappa shape index (κ2) is 9.11. The van der Waals surface area contributed by atoms with E-state index in [2.05, 4.69) is 30.6 Å². The van der Waals surface area contributed by atoms with Crippen LogP contribution in [0.1, 0.15) is 37.3 Å². The maximum atomic E-state index is 8.99. The number of benzene rings is 1. The van der Waals surface area contributed by atoms with Crippen molar-refractivity contribution in [3.63, 3.8) is 0 Å². The van der Waals surface area contributed by atoms with Gasteiger partial charge in [-0.25, -0.2) is 0 Å². The summed E-state index contributed by atoms with van der Waals surface area (Å²) in [6, 6.07) is 7.57. The Balaban J connectivity index is 2.49. The summed E-state index contributed by atoms with van der Waals surface area (Å²) in [5.74, 6) is 12.0. The van der Waals surface area contributed by atoms with Crippen molar-refractivity contribution in [3.8, 4) is 23.7 Å². The number of aliphatic hydroxyl groups excluding tert-OH is 1. The first-order valence-corrected chi connectivity index (χ1v) is 6.21. The Hall–Kier alpha value is -1.96. The molecule has 0 aliphatic carbocycles. The molecule has 0 aliphatic heterocycles. The van der Waals surface area contributed by atoms with Gasteiger partial charge in [-0.05, 0) is 36.3 Å². The average Bonchev–Trinajstić information content (AvgIpc) is 2.42. The van der Waals surface area contributed by atoms with E-state index in [0.29, 0.717) is 0 Å². The van der Waals surface area contributed by atoms with E-state index in [1.807, 2.05) is 24.3 Å². The molecule has 1 aromatic carbocycles. The van der Waals surface area contributed by atoms with Gasteiger partial charge in [-0.15, -0.1) is 0 Å². The molecule has 0 heterocycles. The summed E-state index contributed by atoms with van der Waals surface area (Å²) in [6.07, 6.45) is 6.82. The van der Waals surface area contributed by atoms with Crippen LogP contribution in [0.15, 0.2) is 36.4 Å². The quantitative estimate of drug-likeness (QED) is 0.633. The Morgan fingerprint density at radius 2 is 2.06 bits per heavy atom. The van der Waals surface area contributed by atoms with Crippen molar-refractivity contribution in [2.75, 3.05) is 0 Å². The molecule has 1 heteroatoms. The summed E-state index contributed by atoms with van der Waals surface area (Å²) >= 11 is 0. The number of hydrogen-bond donors (Lipinski definition) is 1. The first kappa shape index (κ1) is 14.1. The van der Waals surface area contributed by atoms with Gasteiger partial charge in [0.05, 0.1) is 6.61 Å². The lowest BCUT2D eigenvalue weighted by atomic mass is 10.1. The highest BCUT2D eigenvalue weighted by atomic mass is 16.3. The van der Waals surface area contributed by atoms with Crippen LogP contribution in [0.3, 0.4) is 0 Å². The van der Waals surface area contributed by atoms with Gasteiger partial charge in [0.1, 0.15) is 0 Å². The third kappa shape index (κ3) is 5.94. The van der Waals surface area contributed by atoms with Gasteiger partial charge in [-0.3, -0.25) is 0 Å². The largest absolute Gasteiger partial charge is 0.392 e. The summed E-state index contributed by atoms with van der Waals surface area (Å²) in [5.41, 5.74) is 1.79. The normalized spacial score (nSPS) is 9.44. The van der Waals surface area contributed by atoms with Crippen LogP contribution < -0.4 is 0 Å². The standard InChI is InChI=1S/C17H18O/c1-2-3-4-5-6-7-8-9-11-16-12-10-13-17(14-16)15-18/h7-8,10,12-14,18H,2-4,15H2,1H3. The van der Waals surface area contributed by atoms with E-state index in [-0.39, 0.29) is 6.61 Å². The second-order valence-electron chi connectivity index (χ2n) is 3.89. The van der Waals surface area contributed by atoms with Crippen molar-refractivity contribution in [1.82, 2.24) is 0 Å². The van der Waals surface area contributed by atoms with Gasteiger partial charge in [0.25, 0.3) is 0 Å². The molecule has 92 valence electrons. The second-order valence-corrected chi connectivity index (χ2v) is 3.89. The number of allylic oxidation sites excluding steroid dienone is 2. The highest BCUT2D eigenvalue weighted by molar-refractivity contribution is 5.39. The Bertz CT molecular complexity index is 504. The maximum absolute atomic E-state index is 8.99. The molecular weight excluding hydrogens is 220 g/mol. The lowest BCUT2D eigenvalue weighted by Crippen LogP contribution is -1.83. The molecule has 0 bridgehead atoms. The third-order valence-corrected chi connectivity index (χ3v) is 2.33. The lowest BCUT2D eigenvalue weighted by molar-refractivity contribution is 0.282. The molecule has 0 atom stereocenters. The first-order valence-electron chi connectivity index (χ1n) is 6.21. The molecule has 0 aliphatic rings. The molecule has 0 radical (unpaired) electrons. The van der Waals surface area contributed by atoms with E-state index in [0.717, 1.165) is 24.0 Å². The molecule has 0 spiro atoms. The summed E-state index contributed by atoms with van der Waals surface area (Å²) < 4.78 is 0. The van der Waals surface area contributed by atoms with E-state index in [4.69, 9.17) is 5.11 Å². The highest BCUT2D eigenvalue weighted by Crippen LogP contribution is 2.03. The van der Waals surface area contributed by atoms with Crippen molar-refractivity contribution in [2.24, 2.45) is 0 Å². The summed E-state index contributed by atoms with van der Waals surface area (Å²) in [7, 11) is 0. The van der Waals surface area contributed by atoms with Crippen LogP contribution in [0, 0.1) is 23.7 Å². The summed E-state index contributed by atoms with van der Waals surface area (Å²) in [4.78, 5) is 0. The molecular formula is C17H18O. The summed E-state index contributed by atoms with van der Waals surface area (Å²) in [5, 5.41) is 8.99.